The number of hydrogen-bond donors (Lipinski definition) is 0. The second-order valence-electron chi connectivity index (χ2n) is 5.31. The van der Waals surface area contributed by atoms with E-state index < -0.39 is 0 Å². The first-order valence-electron chi connectivity index (χ1n) is 7.90. The average Bonchev–Trinajstić information content (AvgIpc) is 2.49. The van der Waals surface area contributed by atoms with Crippen LogP contribution in [0.2, 0.25) is 0 Å². The molecule has 1 unspecified atom stereocenters. The maximum Gasteiger partial charge on any atom is 0.157 e. The Morgan fingerprint density at radius 3 is 2.05 bits per heavy atom. The van der Waals surface area contributed by atoms with Crippen LogP contribution in [-0.4, -0.2) is 84.7 Å². The van der Waals surface area contributed by atoms with Gasteiger partial charge >= 0.3 is 0 Å². The molecule has 0 aromatic rings. The summed E-state index contributed by atoms with van der Waals surface area (Å²) in [5, 5.41) is 0. The third-order valence-electron chi connectivity index (χ3n) is 3.10. The van der Waals surface area contributed by atoms with Gasteiger partial charge in [-0.05, 0) is 33.4 Å². The molecular formula is C15H31NO5. The molecule has 0 radical (unpaired) electrons. The Hall–Kier alpha value is -0.240. The molecule has 0 bridgehead atoms. The smallest absolute Gasteiger partial charge is 0.157 e. The van der Waals surface area contributed by atoms with Crippen LogP contribution in [0.4, 0.5) is 0 Å². The molecule has 21 heavy (non-hydrogen) atoms. The Bertz CT molecular complexity index is 222. The van der Waals surface area contributed by atoms with Crippen LogP contribution in [0, 0.1) is 0 Å². The fraction of sp³-hybridized carbons (Fsp3) is 1.00. The lowest BCUT2D eigenvalue weighted by Crippen LogP contribution is -2.24. The predicted molar refractivity (Wildman–Crippen MR) is 80.6 cm³/mol. The van der Waals surface area contributed by atoms with E-state index in [0.717, 1.165) is 32.6 Å². The van der Waals surface area contributed by atoms with Crippen LogP contribution in [0.1, 0.15) is 19.3 Å². The lowest BCUT2D eigenvalue weighted by molar-refractivity contribution is -0.169. The van der Waals surface area contributed by atoms with Crippen molar-refractivity contribution in [1.29, 1.82) is 0 Å². The molecule has 0 aliphatic carbocycles. The Labute approximate surface area is 128 Å². The number of hydrogen-bond acceptors (Lipinski definition) is 6. The van der Waals surface area contributed by atoms with Gasteiger partial charge in [0.25, 0.3) is 0 Å². The maximum atomic E-state index is 5.56. The summed E-state index contributed by atoms with van der Waals surface area (Å²) in [6.45, 7) is 6.10. The molecule has 1 saturated heterocycles. The van der Waals surface area contributed by atoms with Crippen LogP contribution in [0.25, 0.3) is 0 Å². The zero-order valence-electron chi connectivity index (χ0n) is 13.6. The highest BCUT2D eigenvalue weighted by molar-refractivity contribution is 4.53. The van der Waals surface area contributed by atoms with Gasteiger partial charge in [0, 0.05) is 13.2 Å². The monoisotopic (exact) mass is 305 g/mol. The number of ether oxygens (including phenoxy) is 5. The molecule has 1 aliphatic rings. The van der Waals surface area contributed by atoms with Crippen molar-refractivity contribution in [3.05, 3.63) is 0 Å². The maximum absolute atomic E-state index is 5.56. The summed E-state index contributed by atoms with van der Waals surface area (Å²) >= 11 is 0. The Kier molecular flexibility index (Phi) is 12.0. The molecule has 0 N–H and O–H groups in total. The normalized spacial score (nSPS) is 19.3. The first kappa shape index (κ1) is 18.8. The number of rotatable bonds is 13. The van der Waals surface area contributed by atoms with Crippen LogP contribution in [0.5, 0.6) is 0 Å². The topological polar surface area (TPSA) is 49.4 Å². The molecule has 0 saturated carbocycles. The minimum Gasteiger partial charge on any atom is -0.378 e. The van der Waals surface area contributed by atoms with Gasteiger partial charge in [-0.15, -0.1) is 0 Å². The molecule has 0 amide bonds. The first-order chi connectivity index (χ1) is 10.3. The summed E-state index contributed by atoms with van der Waals surface area (Å²) in [4.78, 5) is 2.09. The second kappa shape index (κ2) is 13.4. The molecule has 126 valence electrons. The van der Waals surface area contributed by atoms with Crippen molar-refractivity contribution >= 4 is 0 Å². The Morgan fingerprint density at radius 1 is 0.857 bits per heavy atom. The molecule has 0 aromatic carbocycles. The van der Waals surface area contributed by atoms with Gasteiger partial charge in [0.1, 0.15) is 0 Å². The van der Waals surface area contributed by atoms with Gasteiger partial charge in [-0.25, -0.2) is 0 Å². The van der Waals surface area contributed by atoms with Crippen molar-refractivity contribution in [1.82, 2.24) is 4.90 Å². The average molecular weight is 305 g/mol. The zero-order valence-corrected chi connectivity index (χ0v) is 13.6. The number of nitrogens with zero attached hydrogens (tertiary/aromatic N) is 1. The first-order valence-corrected chi connectivity index (χ1v) is 7.90. The molecule has 1 fully saturated rings. The third-order valence-corrected chi connectivity index (χ3v) is 3.10. The van der Waals surface area contributed by atoms with Crippen LogP contribution in [0.3, 0.4) is 0 Å². The lowest BCUT2D eigenvalue weighted by Gasteiger charge is -2.22. The van der Waals surface area contributed by atoms with Crippen LogP contribution in [0.15, 0.2) is 0 Å². The van der Waals surface area contributed by atoms with E-state index in [1.54, 1.807) is 0 Å². The van der Waals surface area contributed by atoms with E-state index in [1.807, 2.05) is 14.1 Å². The van der Waals surface area contributed by atoms with E-state index in [4.69, 9.17) is 23.7 Å². The van der Waals surface area contributed by atoms with Gasteiger partial charge in [-0.1, -0.05) is 0 Å². The highest BCUT2D eigenvalue weighted by Gasteiger charge is 2.13. The molecule has 0 aromatic heterocycles. The molecule has 1 rings (SSSR count). The summed E-state index contributed by atoms with van der Waals surface area (Å²) < 4.78 is 27.3. The van der Waals surface area contributed by atoms with Crippen molar-refractivity contribution < 1.29 is 23.7 Å². The molecule has 0 spiro atoms. The van der Waals surface area contributed by atoms with E-state index >= 15 is 0 Å². The minimum absolute atomic E-state index is 0.0297. The van der Waals surface area contributed by atoms with Gasteiger partial charge in [0.05, 0.1) is 46.2 Å². The van der Waals surface area contributed by atoms with Gasteiger partial charge in [0.15, 0.2) is 6.29 Å². The fourth-order valence-electron chi connectivity index (χ4n) is 1.87. The molecular weight excluding hydrogens is 274 g/mol. The third kappa shape index (κ3) is 12.0. The van der Waals surface area contributed by atoms with Crippen molar-refractivity contribution in [2.45, 2.75) is 25.6 Å². The van der Waals surface area contributed by atoms with E-state index in [0.29, 0.717) is 39.6 Å². The Morgan fingerprint density at radius 2 is 1.48 bits per heavy atom. The highest BCUT2D eigenvalue weighted by atomic mass is 16.7. The summed E-state index contributed by atoms with van der Waals surface area (Å²) in [5.41, 5.74) is 0. The number of likely N-dealkylation sites (N-methyl/N-ethyl adjacent to an activating group) is 1. The van der Waals surface area contributed by atoms with Gasteiger partial charge in [0.2, 0.25) is 0 Å². The summed E-state index contributed by atoms with van der Waals surface area (Å²) in [7, 11) is 4.06. The summed E-state index contributed by atoms with van der Waals surface area (Å²) in [5.74, 6) is 0. The molecule has 1 aliphatic heterocycles. The van der Waals surface area contributed by atoms with Crippen LogP contribution in [-0.2, 0) is 23.7 Å². The minimum atomic E-state index is -0.0297. The van der Waals surface area contributed by atoms with E-state index in [-0.39, 0.29) is 6.29 Å². The standard InChI is InChI=1S/C15H31NO5/c1-16(2)6-8-17-9-10-18-11-12-19-13-14-21-15-5-3-4-7-20-15/h15H,3-14H2,1-2H3. The summed E-state index contributed by atoms with van der Waals surface area (Å²) in [6.07, 6.45) is 3.30. The largest absolute Gasteiger partial charge is 0.378 e. The Balaban J connectivity index is 1.70. The molecule has 1 heterocycles. The SMILES string of the molecule is CN(C)CCOCCOCCOCCOC1CCCCO1. The van der Waals surface area contributed by atoms with Crippen molar-refractivity contribution in [3.63, 3.8) is 0 Å². The van der Waals surface area contributed by atoms with Crippen molar-refractivity contribution in [2.75, 3.05) is 73.5 Å². The molecule has 1 atom stereocenters. The molecule has 6 heteroatoms. The van der Waals surface area contributed by atoms with E-state index in [2.05, 4.69) is 4.90 Å². The quantitative estimate of drug-likeness (QED) is 0.476. The predicted octanol–water partition coefficient (Wildman–Crippen LogP) is 1.14. The van der Waals surface area contributed by atoms with Crippen LogP contribution < -0.4 is 0 Å². The highest BCUT2D eigenvalue weighted by Crippen LogP contribution is 2.13. The summed E-state index contributed by atoms with van der Waals surface area (Å²) in [6, 6.07) is 0. The zero-order chi connectivity index (χ0) is 15.2. The van der Waals surface area contributed by atoms with Crippen molar-refractivity contribution in [3.8, 4) is 0 Å². The van der Waals surface area contributed by atoms with Crippen molar-refractivity contribution in [2.24, 2.45) is 0 Å². The van der Waals surface area contributed by atoms with Crippen LogP contribution >= 0.6 is 0 Å². The van der Waals surface area contributed by atoms with E-state index in [1.165, 1.54) is 6.42 Å². The second-order valence-corrected chi connectivity index (χ2v) is 5.31. The van der Waals surface area contributed by atoms with Gasteiger partial charge < -0.3 is 28.6 Å². The molecule has 6 nitrogen and oxygen atoms in total. The van der Waals surface area contributed by atoms with Gasteiger partial charge in [-0.3, -0.25) is 0 Å². The van der Waals surface area contributed by atoms with Gasteiger partial charge in [-0.2, -0.15) is 0 Å². The van der Waals surface area contributed by atoms with E-state index in [9.17, 15) is 0 Å². The fourth-order valence-corrected chi connectivity index (χ4v) is 1.87. The lowest BCUT2D eigenvalue weighted by atomic mass is 10.2.